The van der Waals surface area contributed by atoms with Crippen LogP contribution >= 0.6 is 11.6 Å². The Morgan fingerprint density at radius 3 is 2.52 bits per heavy atom. The zero-order chi connectivity index (χ0) is 16.2. The first-order valence-electron chi connectivity index (χ1n) is 5.80. The highest BCUT2D eigenvalue weighted by molar-refractivity contribution is 6.33. The number of alkyl halides is 3. The topological polar surface area (TPSA) is 68.3 Å². The minimum absolute atomic E-state index is 0.240. The predicted molar refractivity (Wildman–Crippen MR) is 68.7 cm³/mol. The highest BCUT2D eigenvalue weighted by Gasteiger charge is 2.31. The maximum Gasteiger partial charge on any atom is 0.417 e. The standard InChI is InChI=1S/C12H12ClF3N2O3/c1-6(2)11(20)21-5-9(19)18-10-8(13)3-7(4-17-10)12(14,15)16/h3-4,6H,5H2,1-2H3,(H,17,18,19). The molecule has 1 N–H and O–H groups in total. The van der Waals surface area contributed by atoms with Crippen LogP contribution in [-0.4, -0.2) is 23.5 Å². The highest BCUT2D eigenvalue weighted by atomic mass is 35.5. The Labute approximate surface area is 123 Å². The fraction of sp³-hybridized carbons (Fsp3) is 0.417. The summed E-state index contributed by atoms with van der Waals surface area (Å²) in [5.41, 5.74) is -1.03. The number of nitrogens with zero attached hydrogens (tertiary/aromatic N) is 1. The summed E-state index contributed by atoms with van der Waals surface area (Å²) in [7, 11) is 0. The largest absolute Gasteiger partial charge is 0.455 e. The average molecular weight is 325 g/mol. The van der Waals surface area contributed by atoms with E-state index in [9.17, 15) is 22.8 Å². The van der Waals surface area contributed by atoms with Gasteiger partial charge < -0.3 is 10.1 Å². The van der Waals surface area contributed by atoms with Gasteiger partial charge in [0.1, 0.15) is 0 Å². The number of halogens is 4. The summed E-state index contributed by atoms with van der Waals surface area (Å²) < 4.78 is 41.9. The summed E-state index contributed by atoms with van der Waals surface area (Å²) in [6.07, 6.45) is -4.03. The van der Waals surface area contributed by atoms with Crippen molar-refractivity contribution in [3.8, 4) is 0 Å². The minimum atomic E-state index is -4.58. The van der Waals surface area contributed by atoms with Crippen LogP contribution in [0.2, 0.25) is 5.02 Å². The SMILES string of the molecule is CC(C)C(=O)OCC(=O)Nc1ncc(C(F)(F)F)cc1Cl. The van der Waals surface area contributed by atoms with Crippen molar-refractivity contribution in [2.24, 2.45) is 5.92 Å². The van der Waals surface area contributed by atoms with Crippen LogP contribution < -0.4 is 5.32 Å². The normalized spacial score (nSPS) is 11.4. The first-order valence-corrected chi connectivity index (χ1v) is 6.18. The van der Waals surface area contributed by atoms with Crippen molar-refractivity contribution in [2.45, 2.75) is 20.0 Å². The second kappa shape index (κ2) is 6.75. The van der Waals surface area contributed by atoms with Gasteiger partial charge in [0.05, 0.1) is 16.5 Å². The van der Waals surface area contributed by atoms with Crippen molar-refractivity contribution in [1.82, 2.24) is 4.98 Å². The molecule has 0 saturated heterocycles. The molecule has 1 heterocycles. The highest BCUT2D eigenvalue weighted by Crippen LogP contribution is 2.32. The molecule has 0 aromatic carbocycles. The molecule has 1 aromatic heterocycles. The molecule has 0 aliphatic rings. The van der Waals surface area contributed by atoms with E-state index in [0.717, 1.165) is 0 Å². The minimum Gasteiger partial charge on any atom is -0.455 e. The summed E-state index contributed by atoms with van der Waals surface area (Å²) in [4.78, 5) is 26.0. The Hall–Kier alpha value is -1.83. The van der Waals surface area contributed by atoms with E-state index in [-0.39, 0.29) is 10.8 Å². The van der Waals surface area contributed by atoms with E-state index in [1.807, 2.05) is 0 Å². The number of rotatable bonds is 4. The maximum absolute atomic E-state index is 12.4. The molecule has 1 rings (SSSR count). The van der Waals surface area contributed by atoms with Gasteiger partial charge in [0.2, 0.25) is 0 Å². The number of pyridine rings is 1. The van der Waals surface area contributed by atoms with Crippen molar-refractivity contribution < 1.29 is 27.5 Å². The summed E-state index contributed by atoms with van der Waals surface area (Å²) in [6.45, 7) is 2.61. The summed E-state index contributed by atoms with van der Waals surface area (Å²) in [5, 5.41) is 1.79. The van der Waals surface area contributed by atoms with Gasteiger partial charge in [-0.25, -0.2) is 4.98 Å². The maximum atomic E-state index is 12.4. The van der Waals surface area contributed by atoms with Gasteiger partial charge in [-0.05, 0) is 6.07 Å². The molecule has 0 unspecified atom stereocenters. The lowest BCUT2D eigenvalue weighted by Crippen LogP contribution is -2.23. The summed E-state index contributed by atoms with van der Waals surface area (Å²) in [6, 6.07) is 0.643. The molecule has 0 aliphatic carbocycles. The second-order valence-electron chi connectivity index (χ2n) is 4.36. The molecule has 5 nitrogen and oxygen atoms in total. The smallest absolute Gasteiger partial charge is 0.417 e. The molecule has 21 heavy (non-hydrogen) atoms. The molecule has 0 radical (unpaired) electrons. The van der Waals surface area contributed by atoms with Crippen molar-refractivity contribution >= 4 is 29.3 Å². The van der Waals surface area contributed by atoms with E-state index in [1.165, 1.54) is 0 Å². The van der Waals surface area contributed by atoms with Crippen molar-refractivity contribution in [3.63, 3.8) is 0 Å². The third-order valence-electron chi connectivity index (χ3n) is 2.24. The molecule has 1 amide bonds. The average Bonchev–Trinajstić information content (AvgIpc) is 2.36. The third-order valence-corrected chi connectivity index (χ3v) is 2.53. The Morgan fingerprint density at radius 2 is 2.05 bits per heavy atom. The number of carbonyl (C=O) groups excluding carboxylic acids is 2. The van der Waals surface area contributed by atoms with Gasteiger partial charge >= 0.3 is 12.1 Å². The fourth-order valence-corrected chi connectivity index (χ4v) is 1.37. The van der Waals surface area contributed by atoms with Crippen LogP contribution in [0.25, 0.3) is 0 Å². The molecule has 9 heteroatoms. The molecule has 0 aliphatic heterocycles. The van der Waals surface area contributed by atoms with Crippen LogP contribution in [0.4, 0.5) is 19.0 Å². The number of anilines is 1. The molecule has 116 valence electrons. The lowest BCUT2D eigenvalue weighted by Gasteiger charge is -2.10. The van der Waals surface area contributed by atoms with Gasteiger partial charge in [-0.15, -0.1) is 0 Å². The van der Waals surface area contributed by atoms with Crippen LogP contribution in [0, 0.1) is 5.92 Å². The number of ether oxygens (including phenoxy) is 1. The zero-order valence-electron chi connectivity index (χ0n) is 11.1. The fourth-order valence-electron chi connectivity index (χ4n) is 1.16. The van der Waals surface area contributed by atoms with Crippen LogP contribution in [0.1, 0.15) is 19.4 Å². The number of nitrogens with one attached hydrogen (secondary N) is 1. The van der Waals surface area contributed by atoms with Gasteiger partial charge in [-0.1, -0.05) is 25.4 Å². The van der Waals surface area contributed by atoms with E-state index < -0.39 is 36.1 Å². The Kier molecular flexibility index (Phi) is 5.54. The van der Waals surface area contributed by atoms with Crippen molar-refractivity contribution in [3.05, 3.63) is 22.8 Å². The number of carbonyl (C=O) groups is 2. The first kappa shape index (κ1) is 17.2. The number of esters is 1. The van der Waals surface area contributed by atoms with Crippen molar-refractivity contribution in [1.29, 1.82) is 0 Å². The molecule has 0 bridgehead atoms. The number of aromatic nitrogens is 1. The predicted octanol–water partition coefficient (Wildman–Crippen LogP) is 2.89. The number of amides is 1. The first-order chi connectivity index (χ1) is 9.61. The quantitative estimate of drug-likeness (QED) is 0.865. The Bertz CT molecular complexity index is 547. The molecule has 0 saturated carbocycles. The van der Waals surface area contributed by atoms with Crippen molar-refractivity contribution in [2.75, 3.05) is 11.9 Å². The van der Waals surface area contributed by atoms with Crippen LogP contribution in [-0.2, 0) is 20.5 Å². The van der Waals surface area contributed by atoms with E-state index in [4.69, 9.17) is 11.6 Å². The van der Waals surface area contributed by atoms with Crippen LogP contribution in [0.3, 0.4) is 0 Å². The zero-order valence-corrected chi connectivity index (χ0v) is 11.9. The Morgan fingerprint density at radius 1 is 1.43 bits per heavy atom. The molecule has 0 spiro atoms. The van der Waals surface area contributed by atoms with Crippen LogP contribution in [0.15, 0.2) is 12.3 Å². The molecule has 0 fully saturated rings. The van der Waals surface area contributed by atoms with Gasteiger partial charge in [0.25, 0.3) is 5.91 Å². The third kappa shape index (κ3) is 5.22. The number of hydrogen-bond donors (Lipinski definition) is 1. The second-order valence-corrected chi connectivity index (χ2v) is 4.77. The van der Waals surface area contributed by atoms with E-state index in [1.54, 1.807) is 13.8 Å². The van der Waals surface area contributed by atoms with Gasteiger partial charge in [-0.2, -0.15) is 13.2 Å². The lowest BCUT2D eigenvalue weighted by molar-refractivity contribution is -0.150. The van der Waals surface area contributed by atoms with E-state index >= 15 is 0 Å². The molecule has 1 aromatic rings. The van der Waals surface area contributed by atoms with Gasteiger partial charge in [0.15, 0.2) is 12.4 Å². The van der Waals surface area contributed by atoms with E-state index in [2.05, 4.69) is 15.0 Å². The van der Waals surface area contributed by atoms with Gasteiger partial charge in [0, 0.05) is 6.20 Å². The van der Waals surface area contributed by atoms with E-state index in [0.29, 0.717) is 12.3 Å². The molecular weight excluding hydrogens is 313 g/mol. The summed E-state index contributed by atoms with van der Waals surface area (Å²) >= 11 is 5.61. The van der Waals surface area contributed by atoms with Gasteiger partial charge in [-0.3, -0.25) is 9.59 Å². The number of hydrogen-bond acceptors (Lipinski definition) is 4. The van der Waals surface area contributed by atoms with Crippen LogP contribution in [0.5, 0.6) is 0 Å². The Balaban J connectivity index is 2.67. The molecular formula is C12H12ClF3N2O3. The summed E-state index contributed by atoms with van der Waals surface area (Å²) in [5.74, 6) is -1.96. The monoisotopic (exact) mass is 324 g/mol. The lowest BCUT2D eigenvalue weighted by atomic mass is 10.2. The molecule has 0 atom stereocenters.